The lowest BCUT2D eigenvalue weighted by Gasteiger charge is -2.06. The van der Waals surface area contributed by atoms with Crippen molar-refractivity contribution in [1.82, 2.24) is 0 Å². The standard InChI is InChI=1S/C8H6Cl2F2/c9-8(10)7-3-6(12)2-1-5(7)4-11/h1-3,8H,4H2. The molecule has 1 aromatic carbocycles. The maximum Gasteiger partial charge on any atom is 0.133 e. The molecule has 0 aliphatic rings. The summed E-state index contributed by atoms with van der Waals surface area (Å²) >= 11 is 11.0. The van der Waals surface area contributed by atoms with Gasteiger partial charge < -0.3 is 0 Å². The van der Waals surface area contributed by atoms with E-state index in [2.05, 4.69) is 0 Å². The van der Waals surface area contributed by atoms with Crippen LogP contribution in [0, 0.1) is 5.82 Å². The van der Waals surface area contributed by atoms with Crippen molar-refractivity contribution in [3.8, 4) is 0 Å². The number of benzene rings is 1. The Balaban J connectivity index is 3.12. The first-order valence-electron chi connectivity index (χ1n) is 3.27. The lowest BCUT2D eigenvalue weighted by molar-refractivity contribution is 0.482. The van der Waals surface area contributed by atoms with E-state index in [0.29, 0.717) is 11.1 Å². The Morgan fingerprint density at radius 1 is 1.33 bits per heavy atom. The van der Waals surface area contributed by atoms with Crippen LogP contribution < -0.4 is 0 Å². The normalized spacial score (nSPS) is 10.8. The molecule has 0 N–H and O–H groups in total. The molecule has 1 rings (SSSR count). The van der Waals surface area contributed by atoms with Crippen molar-refractivity contribution in [3.05, 3.63) is 35.1 Å². The molecule has 0 fully saturated rings. The summed E-state index contributed by atoms with van der Waals surface area (Å²) in [6.07, 6.45) is 0. The maximum atomic E-state index is 12.6. The van der Waals surface area contributed by atoms with E-state index in [1.165, 1.54) is 12.1 Å². The number of halogens is 4. The van der Waals surface area contributed by atoms with E-state index in [-0.39, 0.29) is 0 Å². The van der Waals surface area contributed by atoms with Crippen LogP contribution in [0.5, 0.6) is 0 Å². The second-order valence-electron chi connectivity index (χ2n) is 2.28. The predicted molar refractivity (Wildman–Crippen MR) is 45.7 cm³/mol. The minimum absolute atomic E-state index is 0.292. The van der Waals surface area contributed by atoms with E-state index in [1.807, 2.05) is 0 Å². The van der Waals surface area contributed by atoms with Crippen LogP contribution in [0.2, 0.25) is 0 Å². The largest absolute Gasteiger partial charge is 0.246 e. The molecular weight excluding hydrogens is 205 g/mol. The SMILES string of the molecule is FCc1ccc(F)cc1C(Cl)Cl. The average Bonchev–Trinajstić information content (AvgIpc) is 2.04. The Hall–Kier alpha value is -0.340. The molecular formula is C8H6Cl2F2. The van der Waals surface area contributed by atoms with E-state index in [1.54, 1.807) is 0 Å². The Morgan fingerprint density at radius 3 is 2.50 bits per heavy atom. The van der Waals surface area contributed by atoms with Crippen molar-refractivity contribution >= 4 is 23.2 Å². The van der Waals surface area contributed by atoms with Gasteiger partial charge in [0.2, 0.25) is 0 Å². The first-order valence-corrected chi connectivity index (χ1v) is 4.15. The van der Waals surface area contributed by atoms with Gasteiger partial charge in [-0.1, -0.05) is 6.07 Å². The first kappa shape index (κ1) is 9.75. The van der Waals surface area contributed by atoms with Gasteiger partial charge in [-0.3, -0.25) is 0 Å². The number of hydrogen-bond donors (Lipinski definition) is 0. The van der Waals surface area contributed by atoms with Crippen LogP contribution >= 0.6 is 23.2 Å². The Kier molecular flexibility index (Phi) is 3.29. The second kappa shape index (κ2) is 4.06. The fourth-order valence-corrected chi connectivity index (χ4v) is 1.30. The van der Waals surface area contributed by atoms with Crippen LogP contribution in [0.4, 0.5) is 8.78 Å². The van der Waals surface area contributed by atoms with Gasteiger partial charge in [0.05, 0.1) is 0 Å². The summed E-state index contributed by atoms with van der Waals surface area (Å²) in [7, 11) is 0. The van der Waals surface area contributed by atoms with Gasteiger partial charge in [-0.15, -0.1) is 23.2 Å². The Morgan fingerprint density at radius 2 is 2.00 bits per heavy atom. The predicted octanol–water partition coefficient (Wildman–Crippen LogP) is 3.77. The van der Waals surface area contributed by atoms with Gasteiger partial charge in [-0.05, 0) is 23.3 Å². The van der Waals surface area contributed by atoms with Crippen LogP contribution in [-0.4, -0.2) is 0 Å². The molecule has 0 unspecified atom stereocenters. The third kappa shape index (κ3) is 2.08. The summed E-state index contributed by atoms with van der Waals surface area (Å²) in [5.74, 6) is -0.464. The van der Waals surface area contributed by atoms with E-state index in [9.17, 15) is 8.78 Å². The maximum absolute atomic E-state index is 12.6. The molecule has 66 valence electrons. The van der Waals surface area contributed by atoms with Gasteiger partial charge in [0.1, 0.15) is 17.3 Å². The molecule has 0 spiro atoms. The third-order valence-electron chi connectivity index (χ3n) is 1.49. The van der Waals surface area contributed by atoms with Gasteiger partial charge in [-0.2, -0.15) is 0 Å². The molecule has 0 aliphatic carbocycles. The zero-order valence-corrected chi connectivity index (χ0v) is 7.54. The zero-order chi connectivity index (χ0) is 9.14. The summed E-state index contributed by atoms with van der Waals surface area (Å²) in [6.45, 7) is -0.689. The fraction of sp³-hybridized carbons (Fsp3) is 0.250. The lowest BCUT2D eigenvalue weighted by atomic mass is 10.1. The van der Waals surface area contributed by atoms with Crippen molar-refractivity contribution in [2.75, 3.05) is 0 Å². The highest BCUT2D eigenvalue weighted by Gasteiger charge is 2.10. The average molecular weight is 211 g/mol. The number of rotatable bonds is 2. The van der Waals surface area contributed by atoms with Crippen LogP contribution in [0.3, 0.4) is 0 Å². The van der Waals surface area contributed by atoms with Crippen molar-refractivity contribution < 1.29 is 8.78 Å². The van der Waals surface area contributed by atoms with Crippen molar-refractivity contribution in [3.63, 3.8) is 0 Å². The number of alkyl halides is 3. The summed E-state index contributed by atoms with van der Waals surface area (Å²) in [6, 6.07) is 3.65. The van der Waals surface area contributed by atoms with E-state index in [0.717, 1.165) is 6.07 Å². The molecule has 0 radical (unpaired) electrons. The molecule has 0 nitrogen and oxygen atoms in total. The first-order chi connectivity index (χ1) is 5.65. The summed E-state index contributed by atoms with van der Waals surface area (Å²) < 4.78 is 24.8. The quantitative estimate of drug-likeness (QED) is 0.653. The summed E-state index contributed by atoms with van der Waals surface area (Å²) in [5.41, 5.74) is 0.618. The topological polar surface area (TPSA) is 0 Å². The fourth-order valence-electron chi connectivity index (χ4n) is 0.891. The van der Waals surface area contributed by atoms with Crippen LogP contribution in [0.1, 0.15) is 16.0 Å². The summed E-state index contributed by atoms with van der Waals surface area (Å²) in [4.78, 5) is -0.883. The molecule has 1 aromatic rings. The van der Waals surface area contributed by atoms with E-state index < -0.39 is 17.3 Å². The summed E-state index contributed by atoms with van der Waals surface area (Å²) in [5, 5.41) is 0. The van der Waals surface area contributed by atoms with Gasteiger partial charge in [0, 0.05) is 0 Å². The third-order valence-corrected chi connectivity index (χ3v) is 1.96. The minimum Gasteiger partial charge on any atom is -0.246 e. The van der Waals surface area contributed by atoms with E-state index >= 15 is 0 Å². The van der Waals surface area contributed by atoms with Crippen LogP contribution in [-0.2, 0) is 6.67 Å². The highest BCUT2D eigenvalue weighted by Crippen LogP contribution is 2.28. The zero-order valence-electron chi connectivity index (χ0n) is 6.03. The minimum atomic E-state index is -0.883. The highest BCUT2D eigenvalue weighted by atomic mass is 35.5. The molecule has 0 bridgehead atoms. The molecule has 0 aliphatic heterocycles. The Labute approximate surface area is 79.1 Å². The van der Waals surface area contributed by atoms with Crippen molar-refractivity contribution in [2.45, 2.75) is 11.5 Å². The lowest BCUT2D eigenvalue weighted by Crippen LogP contribution is -1.92. The van der Waals surface area contributed by atoms with Crippen molar-refractivity contribution in [2.24, 2.45) is 0 Å². The highest BCUT2D eigenvalue weighted by molar-refractivity contribution is 6.44. The number of hydrogen-bond acceptors (Lipinski definition) is 0. The van der Waals surface area contributed by atoms with Crippen molar-refractivity contribution in [1.29, 1.82) is 0 Å². The molecule has 0 amide bonds. The van der Waals surface area contributed by atoms with E-state index in [4.69, 9.17) is 23.2 Å². The molecule has 0 saturated carbocycles. The smallest absolute Gasteiger partial charge is 0.133 e. The molecule has 0 heterocycles. The van der Waals surface area contributed by atoms with Gasteiger partial charge in [0.15, 0.2) is 0 Å². The van der Waals surface area contributed by atoms with Gasteiger partial charge in [0.25, 0.3) is 0 Å². The molecule has 12 heavy (non-hydrogen) atoms. The Bertz CT molecular complexity index is 274. The van der Waals surface area contributed by atoms with Crippen LogP contribution in [0.25, 0.3) is 0 Å². The molecule has 0 aromatic heterocycles. The van der Waals surface area contributed by atoms with Gasteiger partial charge in [-0.25, -0.2) is 8.78 Å². The molecule has 0 atom stereocenters. The van der Waals surface area contributed by atoms with Crippen LogP contribution in [0.15, 0.2) is 18.2 Å². The monoisotopic (exact) mass is 210 g/mol. The second-order valence-corrected chi connectivity index (χ2v) is 3.37. The molecule has 4 heteroatoms. The van der Waals surface area contributed by atoms with Gasteiger partial charge >= 0.3 is 0 Å². The molecule has 0 saturated heterocycles.